The summed E-state index contributed by atoms with van der Waals surface area (Å²) < 4.78 is 0. The van der Waals surface area contributed by atoms with Crippen molar-refractivity contribution in [2.75, 3.05) is 0 Å². The zero-order chi connectivity index (χ0) is 11.5. The van der Waals surface area contributed by atoms with Crippen molar-refractivity contribution >= 4 is 0 Å². The van der Waals surface area contributed by atoms with Gasteiger partial charge in [-0.05, 0) is 18.1 Å². The first-order valence-electron chi connectivity index (χ1n) is 5.12. The second-order valence-electron chi connectivity index (χ2n) is 3.26. The molecule has 0 unspecified atom stereocenters. The molecule has 0 saturated heterocycles. The van der Waals surface area contributed by atoms with Crippen LogP contribution >= 0.6 is 0 Å². The van der Waals surface area contributed by atoms with Gasteiger partial charge in [-0.15, -0.1) is 0 Å². The molecule has 1 aromatic rings. The van der Waals surface area contributed by atoms with Crippen LogP contribution in [-0.2, 0) is 12.2 Å². The van der Waals surface area contributed by atoms with E-state index in [0.717, 1.165) is 5.56 Å². The molecular formula is C12H15NO2. The van der Waals surface area contributed by atoms with Gasteiger partial charge in [0.05, 0.1) is 11.6 Å². The highest BCUT2D eigenvalue weighted by Crippen LogP contribution is 2.35. The number of benzene rings is 1. The van der Waals surface area contributed by atoms with Crippen LogP contribution in [0.2, 0.25) is 0 Å². The summed E-state index contributed by atoms with van der Waals surface area (Å²) in [7, 11) is 0. The third-order valence-corrected chi connectivity index (χ3v) is 2.45. The minimum absolute atomic E-state index is 0.279. The van der Waals surface area contributed by atoms with Gasteiger partial charge in [0.15, 0.2) is 5.79 Å². The number of aliphatic hydroxyl groups is 2. The monoisotopic (exact) mass is 205 g/mol. The van der Waals surface area contributed by atoms with Gasteiger partial charge in [0.25, 0.3) is 0 Å². The van der Waals surface area contributed by atoms with Gasteiger partial charge in [0, 0.05) is 12.0 Å². The Kier molecular flexibility index (Phi) is 3.46. The summed E-state index contributed by atoms with van der Waals surface area (Å²) in [5.74, 6) is -1.73. The molecule has 1 aromatic carbocycles. The van der Waals surface area contributed by atoms with Gasteiger partial charge in [-0.25, -0.2) is 0 Å². The molecule has 0 aliphatic heterocycles. The van der Waals surface area contributed by atoms with Gasteiger partial charge in [0.2, 0.25) is 0 Å². The van der Waals surface area contributed by atoms with Crippen LogP contribution in [0.1, 0.15) is 37.0 Å². The van der Waals surface area contributed by atoms with Crippen molar-refractivity contribution in [2.24, 2.45) is 0 Å². The lowest BCUT2D eigenvalue weighted by Crippen LogP contribution is -2.20. The van der Waals surface area contributed by atoms with Crippen molar-refractivity contribution in [3.63, 3.8) is 0 Å². The molecule has 15 heavy (non-hydrogen) atoms. The molecule has 1 aliphatic carbocycles. The molecule has 2 rings (SSSR count). The molecule has 80 valence electrons. The predicted octanol–water partition coefficient (Wildman–Crippen LogP) is 1.67. The summed E-state index contributed by atoms with van der Waals surface area (Å²) in [6, 6.07) is 7.06. The number of rotatable bonds is 0. The van der Waals surface area contributed by atoms with Crippen molar-refractivity contribution in [1.82, 2.24) is 0 Å². The van der Waals surface area contributed by atoms with E-state index in [0.29, 0.717) is 17.5 Å². The van der Waals surface area contributed by atoms with E-state index in [-0.39, 0.29) is 6.42 Å². The van der Waals surface area contributed by atoms with E-state index >= 15 is 0 Å². The summed E-state index contributed by atoms with van der Waals surface area (Å²) >= 11 is 0. The van der Waals surface area contributed by atoms with Gasteiger partial charge >= 0.3 is 0 Å². The molecule has 1 aliphatic rings. The fraction of sp³-hybridized carbons (Fsp3) is 0.417. The minimum atomic E-state index is -1.73. The van der Waals surface area contributed by atoms with Crippen LogP contribution in [0.5, 0.6) is 0 Å². The first-order chi connectivity index (χ1) is 7.15. The molecule has 0 atom stereocenters. The fourth-order valence-electron chi connectivity index (χ4n) is 1.77. The number of fused-ring (bicyclic) bond motifs is 1. The maximum atomic E-state index is 9.51. The van der Waals surface area contributed by atoms with E-state index in [4.69, 9.17) is 5.26 Å². The van der Waals surface area contributed by atoms with Crippen LogP contribution in [0.25, 0.3) is 0 Å². The Labute approximate surface area is 89.6 Å². The number of hydrogen-bond donors (Lipinski definition) is 2. The van der Waals surface area contributed by atoms with Gasteiger partial charge in [0.1, 0.15) is 0 Å². The third kappa shape index (κ3) is 2.01. The molecule has 3 heteroatoms. The lowest BCUT2D eigenvalue weighted by Gasteiger charge is -2.15. The minimum Gasteiger partial charge on any atom is -0.362 e. The number of nitriles is 1. The Morgan fingerprint density at radius 2 is 2.00 bits per heavy atom. The molecule has 0 amide bonds. The molecule has 0 heterocycles. The average Bonchev–Trinajstić information content (AvgIpc) is 2.58. The maximum absolute atomic E-state index is 9.51. The Bertz CT molecular complexity index is 391. The molecule has 0 spiro atoms. The molecule has 0 radical (unpaired) electrons. The molecule has 0 saturated carbocycles. The zero-order valence-electron chi connectivity index (χ0n) is 8.99. The summed E-state index contributed by atoms with van der Waals surface area (Å²) in [5, 5.41) is 27.8. The van der Waals surface area contributed by atoms with E-state index < -0.39 is 5.79 Å². The summed E-state index contributed by atoms with van der Waals surface area (Å²) in [6.45, 7) is 4.00. The molecule has 0 bridgehead atoms. The highest BCUT2D eigenvalue weighted by Gasteiger charge is 2.35. The fourth-order valence-corrected chi connectivity index (χ4v) is 1.77. The quantitative estimate of drug-likeness (QED) is 0.633. The normalized spacial score (nSPS) is 15.9. The van der Waals surface area contributed by atoms with Gasteiger partial charge in [-0.3, -0.25) is 0 Å². The van der Waals surface area contributed by atoms with E-state index in [1.807, 2.05) is 19.9 Å². The predicted molar refractivity (Wildman–Crippen MR) is 56.9 cm³/mol. The van der Waals surface area contributed by atoms with Crippen LogP contribution in [0.15, 0.2) is 18.2 Å². The molecule has 0 fully saturated rings. The van der Waals surface area contributed by atoms with Crippen LogP contribution in [-0.4, -0.2) is 10.2 Å². The summed E-state index contributed by atoms with van der Waals surface area (Å²) in [4.78, 5) is 0. The second kappa shape index (κ2) is 4.43. The Hall–Kier alpha value is -1.37. The zero-order valence-corrected chi connectivity index (χ0v) is 8.99. The standard InChI is InChI=1S/C10H9NO2.C2H6/c11-6-7-2-1-3-9-8(7)4-5-10(9,12)13;1-2/h1-3,12-13H,4-5H2;1-2H3. The molecular weight excluding hydrogens is 190 g/mol. The van der Waals surface area contributed by atoms with E-state index in [1.54, 1.807) is 18.2 Å². The van der Waals surface area contributed by atoms with Crippen LogP contribution in [0.3, 0.4) is 0 Å². The van der Waals surface area contributed by atoms with Crippen LogP contribution < -0.4 is 0 Å². The van der Waals surface area contributed by atoms with Crippen molar-refractivity contribution in [3.05, 3.63) is 34.9 Å². The first kappa shape index (κ1) is 11.7. The lowest BCUT2D eigenvalue weighted by atomic mass is 10.0. The Morgan fingerprint density at radius 3 is 2.60 bits per heavy atom. The maximum Gasteiger partial charge on any atom is 0.190 e. The van der Waals surface area contributed by atoms with Crippen molar-refractivity contribution in [3.8, 4) is 6.07 Å². The van der Waals surface area contributed by atoms with Crippen molar-refractivity contribution in [1.29, 1.82) is 5.26 Å². The smallest absolute Gasteiger partial charge is 0.190 e. The second-order valence-corrected chi connectivity index (χ2v) is 3.26. The largest absolute Gasteiger partial charge is 0.362 e. The SMILES string of the molecule is CC.N#Cc1cccc2c1CCC2(O)O. The van der Waals surface area contributed by atoms with Crippen molar-refractivity contribution < 1.29 is 10.2 Å². The Balaban J connectivity index is 0.000000531. The third-order valence-electron chi connectivity index (χ3n) is 2.45. The molecule has 2 N–H and O–H groups in total. The van der Waals surface area contributed by atoms with Gasteiger partial charge in [-0.1, -0.05) is 26.0 Å². The first-order valence-corrected chi connectivity index (χ1v) is 5.12. The van der Waals surface area contributed by atoms with Gasteiger partial charge in [-0.2, -0.15) is 5.26 Å². The number of nitrogens with zero attached hydrogens (tertiary/aromatic N) is 1. The van der Waals surface area contributed by atoms with E-state index in [1.165, 1.54) is 0 Å². The highest BCUT2D eigenvalue weighted by molar-refractivity contribution is 5.47. The summed E-state index contributed by atoms with van der Waals surface area (Å²) in [6.07, 6.45) is 0.840. The van der Waals surface area contributed by atoms with Crippen molar-refractivity contribution in [2.45, 2.75) is 32.5 Å². The number of hydrogen-bond acceptors (Lipinski definition) is 3. The topological polar surface area (TPSA) is 64.2 Å². The lowest BCUT2D eigenvalue weighted by molar-refractivity contribution is -0.166. The summed E-state index contributed by atoms with van der Waals surface area (Å²) in [5.41, 5.74) is 1.80. The molecule has 3 nitrogen and oxygen atoms in total. The van der Waals surface area contributed by atoms with Crippen LogP contribution in [0.4, 0.5) is 0 Å². The highest BCUT2D eigenvalue weighted by atomic mass is 16.5. The van der Waals surface area contributed by atoms with Gasteiger partial charge < -0.3 is 10.2 Å². The Morgan fingerprint density at radius 1 is 1.33 bits per heavy atom. The van der Waals surface area contributed by atoms with E-state index in [9.17, 15) is 10.2 Å². The van der Waals surface area contributed by atoms with Crippen LogP contribution in [0, 0.1) is 11.3 Å². The molecule has 0 aromatic heterocycles. The van der Waals surface area contributed by atoms with E-state index in [2.05, 4.69) is 0 Å². The average molecular weight is 205 g/mol.